The van der Waals surface area contributed by atoms with Gasteiger partial charge in [0.25, 0.3) is 0 Å². The highest BCUT2D eigenvalue weighted by Crippen LogP contribution is 2.05. The molecule has 0 bridgehead atoms. The van der Waals surface area contributed by atoms with Crippen molar-refractivity contribution in [2.45, 2.75) is 18.9 Å². The van der Waals surface area contributed by atoms with Crippen molar-refractivity contribution < 1.29 is 4.74 Å². The quantitative estimate of drug-likeness (QED) is 0.506. The summed E-state index contributed by atoms with van der Waals surface area (Å²) in [7, 11) is 1.96. The van der Waals surface area contributed by atoms with Gasteiger partial charge >= 0.3 is 0 Å². The molecule has 0 aromatic heterocycles. The fraction of sp³-hybridized carbons (Fsp3) is 0.818. The number of nitrogens with zero attached hydrogens (tertiary/aromatic N) is 1. The van der Waals surface area contributed by atoms with E-state index < -0.39 is 0 Å². The van der Waals surface area contributed by atoms with Crippen molar-refractivity contribution in [2.75, 3.05) is 39.8 Å². The molecule has 0 radical (unpaired) electrons. The van der Waals surface area contributed by atoms with Gasteiger partial charge in [-0.3, -0.25) is 4.90 Å². The minimum atomic E-state index is 0.347. The SMILES string of the molecule is C#CCCCN1CCOC(CNC)C1. The topological polar surface area (TPSA) is 24.5 Å². The Morgan fingerprint density at radius 2 is 2.50 bits per heavy atom. The molecule has 3 heteroatoms. The molecule has 1 fully saturated rings. The molecule has 0 aromatic carbocycles. The minimum absolute atomic E-state index is 0.347. The van der Waals surface area contributed by atoms with Gasteiger partial charge in [-0.25, -0.2) is 0 Å². The molecule has 1 aliphatic heterocycles. The summed E-state index contributed by atoms with van der Waals surface area (Å²) in [6, 6.07) is 0. The summed E-state index contributed by atoms with van der Waals surface area (Å²) in [5.74, 6) is 2.67. The van der Waals surface area contributed by atoms with Gasteiger partial charge in [0.2, 0.25) is 0 Å². The monoisotopic (exact) mass is 196 g/mol. The molecule has 1 aliphatic rings. The second-order valence-electron chi connectivity index (χ2n) is 3.66. The van der Waals surface area contributed by atoms with Crippen molar-refractivity contribution in [3.8, 4) is 12.3 Å². The zero-order valence-electron chi connectivity index (χ0n) is 8.96. The highest BCUT2D eigenvalue weighted by Gasteiger charge is 2.18. The molecule has 14 heavy (non-hydrogen) atoms. The van der Waals surface area contributed by atoms with Gasteiger partial charge in [-0.15, -0.1) is 12.3 Å². The second kappa shape index (κ2) is 6.83. The van der Waals surface area contributed by atoms with Gasteiger partial charge in [0.1, 0.15) is 0 Å². The van der Waals surface area contributed by atoms with Crippen LogP contribution in [0, 0.1) is 12.3 Å². The first-order chi connectivity index (χ1) is 6.86. The predicted octanol–water partition coefficient (Wildman–Crippen LogP) is 0.320. The number of likely N-dealkylation sites (N-methyl/N-ethyl adjacent to an activating group) is 1. The van der Waals surface area contributed by atoms with E-state index in [1.165, 1.54) is 0 Å². The summed E-state index contributed by atoms with van der Waals surface area (Å²) in [6.07, 6.45) is 7.55. The summed E-state index contributed by atoms with van der Waals surface area (Å²) < 4.78 is 5.61. The molecule has 1 atom stereocenters. The van der Waals surface area contributed by atoms with Crippen molar-refractivity contribution in [1.29, 1.82) is 0 Å². The Morgan fingerprint density at radius 1 is 1.64 bits per heavy atom. The molecular weight excluding hydrogens is 176 g/mol. The smallest absolute Gasteiger partial charge is 0.0826 e. The van der Waals surface area contributed by atoms with Crippen molar-refractivity contribution >= 4 is 0 Å². The number of hydrogen-bond donors (Lipinski definition) is 1. The lowest BCUT2D eigenvalue weighted by molar-refractivity contribution is -0.0263. The first-order valence-corrected chi connectivity index (χ1v) is 5.29. The second-order valence-corrected chi connectivity index (χ2v) is 3.66. The zero-order chi connectivity index (χ0) is 10.2. The Balaban J connectivity index is 2.16. The highest BCUT2D eigenvalue weighted by atomic mass is 16.5. The van der Waals surface area contributed by atoms with Crippen LogP contribution in [0.4, 0.5) is 0 Å². The van der Waals surface area contributed by atoms with E-state index in [2.05, 4.69) is 16.1 Å². The summed E-state index contributed by atoms with van der Waals surface area (Å²) in [5.41, 5.74) is 0. The van der Waals surface area contributed by atoms with Crippen LogP contribution in [-0.2, 0) is 4.74 Å². The fourth-order valence-electron chi connectivity index (χ4n) is 1.74. The number of ether oxygens (including phenoxy) is 1. The standard InChI is InChI=1S/C11H20N2O/c1-3-4-5-6-13-7-8-14-11(10-13)9-12-2/h1,11-12H,4-10H2,2H3. The number of nitrogens with one attached hydrogen (secondary N) is 1. The normalized spacial score (nSPS) is 23.3. The van der Waals surface area contributed by atoms with Gasteiger partial charge in [0.15, 0.2) is 0 Å². The molecule has 80 valence electrons. The van der Waals surface area contributed by atoms with Gasteiger partial charge in [-0.05, 0) is 20.0 Å². The third kappa shape index (κ3) is 4.10. The van der Waals surface area contributed by atoms with Gasteiger partial charge in [-0.1, -0.05) is 0 Å². The van der Waals surface area contributed by atoms with E-state index >= 15 is 0 Å². The van der Waals surface area contributed by atoms with Crippen LogP contribution in [0.2, 0.25) is 0 Å². The Kier molecular flexibility index (Phi) is 5.62. The van der Waals surface area contributed by atoms with Crippen LogP contribution in [0.1, 0.15) is 12.8 Å². The maximum Gasteiger partial charge on any atom is 0.0826 e. The van der Waals surface area contributed by atoms with E-state index in [1.54, 1.807) is 0 Å². The van der Waals surface area contributed by atoms with E-state index in [4.69, 9.17) is 11.2 Å². The van der Waals surface area contributed by atoms with Crippen molar-refractivity contribution in [3.05, 3.63) is 0 Å². The van der Waals surface area contributed by atoms with Crippen LogP contribution in [-0.4, -0.2) is 50.8 Å². The third-order valence-corrected chi connectivity index (χ3v) is 2.45. The van der Waals surface area contributed by atoms with Crippen molar-refractivity contribution in [3.63, 3.8) is 0 Å². The summed E-state index contributed by atoms with van der Waals surface area (Å²) in [4.78, 5) is 2.43. The van der Waals surface area contributed by atoms with Gasteiger partial charge in [0, 0.05) is 26.1 Å². The molecule has 0 amide bonds. The van der Waals surface area contributed by atoms with Crippen LogP contribution in [0.5, 0.6) is 0 Å². The van der Waals surface area contributed by atoms with Crippen LogP contribution in [0.25, 0.3) is 0 Å². The molecule has 1 unspecified atom stereocenters. The zero-order valence-corrected chi connectivity index (χ0v) is 8.96. The predicted molar refractivity (Wildman–Crippen MR) is 58.2 cm³/mol. The molecular formula is C11H20N2O. The van der Waals surface area contributed by atoms with Crippen LogP contribution < -0.4 is 5.32 Å². The molecule has 0 aromatic rings. The Labute approximate surface area is 86.8 Å². The van der Waals surface area contributed by atoms with E-state index in [1.807, 2.05) is 7.05 Å². The van der Waals surface area contributed by atoms with Crippen LogP contribution in [0.15, 0.2) is 0 Å². The lowest BCUT2D eigenvalue weighted by Gasteiger charge is -2.32. The minimum Gasteiger partial charge on any atom is -0.374 e. The Hall–Kier alpha value is -0.560. The molecule has 3 nitrogen and oxygen atoms in total. The molecule has 0 aliphatic carbocycles. The van der Waals surface area contributed by atoms with Crippen molar-refractivity contribution in [1.82, 2.24) is 10.2 Å². The Bertz CT molecular complexity index is 186. The van der Waals surface area contributed by atoms with Crippen LogP contribution >= 0.6 is 0 Å². The van der Waals surface area contributed by atoms with Gasteiger partial charge in [0.05, 0.1) is 12.7 Å². The molecule has 1 N–H and O–H groups in total. The maximum atomic E-state index is 5.61. The molecule has 0 saturated carbocycles. The Morgan fingerprint density at radius 3 is 3.21 bits per heavy atom. The first kappa shape index (κ1) is 11.5. The summed E-state index contributed by atoms with van der Waals surface area (Å²) >= 11 is 0. The van der Waals surface area contributed by atoms with Gasteiger partial charge in [-0.2, -0.15) is 0 Å². The number of hydrogen-bond acceptors (Lipinski definition) is 3. The number of rotatable bonds is 5. The highest BCUT2D eigenvalue weighted by molar-refractivity contribution is 4.84. The fourth-order valence-corrected chi connectivity index (χ4v) is 1.74. The van der Waals surface area contributed by atoms with E-state index in [9.17, 15) is 0 Å². The molecule has 1 heterocycles. The molecule has 1 saturated heterocycles. The molecule has 0 spiro atoms. The third-order valence-electron chi connectivity index (χ3n) is 2.45. The average Bonchev–Trinajstić information content (AvgIpc) is 2.19. The lowest BCUT2D eigenvalue weighted by Crippen LogP contribution is -2.46. The maximum absolute atomic E-state index is 5.61. The molecule has 1 rings (SSSR count). The number of unbranched alkanes of at least 4 members (excludes halogenated alkanes) is 1. The lowest BCUT2D eigenvalue weighted by atomic mass is 10.2. The first-order valence-electron chi connectivity index (χ1n) is 5.29. The number of morpholine rings is 1. The summed E-state index contributed by atoms with van der Waals surface area (Å²) in [6.45, 7) is 4.97. The van der Waals surface area contributed by atoms with Crippen molar-refractivity contribution in [2.24, 2.45) is 0 Å². The van der Waals surface area contributed by atoms with E-state index in [0.717, 1.165) is 45.6 Å². The largest absolute Gasteiger partial charge is 0.374 e. The van der Waals surface area contributed by atoms with Crippen LogP contribution in [0.3, 0.4) is 0 Å². The summed E-state index contributed by atoms with van der Waals surface area (Å²) in [5, 5.41) is 3.14. The average molecular weight is 196 g/mol. The van der Waals surface area contributed by atoms with E-state index in [-0.39, 0.29) is 0 Å². The van der Waals surface area contributed by atoms with Gasteiger partial charge < -0.3 is 10.1 Å². The van der Waals surface area contributed by atoms with E-state index in [0.29, 0.717) is 6.10 Å². The number of terminal acetylenes is 1.